The molecule has 2 N–H and O–H groups in total. The summed E-state index contributed by atoms with van der Waals surface area (Å²) < 4.78 is 21.4. The van der Waals surface area contributed by atoms with Gasteiger partial charge >= 0.3 is 0 Å². The highest BCUT2D eigenvalue weighted by Gasteiger charge is 2.41. The minimum Gasteiger partial charge on any atom is -0.408 e. The molecule has 3 atom stereocenters. The lowest BCUT2D eigenvalue weighted by Gasteiger charge is -2.42. The van der Waals surface area contributed by atoms with E-state index in [1.54, 1.807) is 12.1 Å². The summed E-state index contributed by atoms with van der Waals surface area (Å²) in [6.07, 6.45) is -0.989. The van der Waals surface area contributed by atoms with Crippen molar-refractivity contribution in [2.75, 3.05) is 6.54 Å². The molecule has 3 nitrogen and oxygen atoms in total. The van der Waals surface area contributed by atoms with Crippen molar-refractivity contribution in [1.29, 1.82) is 0 Å². The van der Waals surface area contributed by atoms with Crippen molar-refractivity contribution >= 4 is 31.5 Å². The van der Waals surface area contributed by atoms with Crippen LogP contribution in [0.4, 0.5) is 4.39 Å². The summed E-state index contributed by atoms with van der Waals surface area (Å²) in [6, 6.07) is 12.0. The molecule has 0 unspecified atom stereocenters. The first-order valence-electron chi connectivity index (χ1n) is 11.0. The van der Waals surface area contributed by atoms with E-state index in [-0.39, 0.29) is 16.0 Å². The summed E-state index contributed by atoms with van der Waals surface area (Å²) in [7, 11) is -2.23. The van der Waals surface area contributed by atoms with Gasteiger partial charge in [-0.15, -0.1) is 0 Å². The van der Waals surface area contributed by atoms with E-state index in [1.165, 1.54) is 6.07 Å². The standard InChI is InChI=1S/C25H36Cl2FNO2Si/c1-16(2)22(30)15-29-23(17-11-12-20(27)21(28)14-17)24(18-9-8-10-19(26)13-18)31-32(6,7)25(3,4)5/h8-14,16,22-24,29-30H,15H2,1-7H3/t22-,23-,24+/m1/s1. The van der Waals surface area contributed by atoms with Gasteiger partial charge in [-0.3, -0.25) is 0 Å². The fraction of sp³-hybridized carbons (Fsp3) is 0.520. The van der Waals surface area contributed by atoms with Crippen LogP contribution in [0.15, 0.2) is 42.5 Å². The Labute approximate surface area is 203 Å². The minimum absolute atomic E-state index is 0.0307. The number of aliphatic hydroxyl groups excluding tert-OH is 1. The molecule has 0 amide bonds. The summed E-state index contributed by atoms with van der Waals surface area (Å²) >= 11 is 12.3. The molecule has 0 bridgehead atoms. The van der Waals surface area contributed by atoms with Gasteiger partial charge in [0.05, 0.1) is 23.3 Å². The topological polar surface area (TPSA) is 41.5 Å². The highest BCUT2D eigenvalue weighted by molar-refractivity contribution is 6.74. The smallest absolute Gasteiger partial charge is 0.193 e. The third kappa shape index (κ3) is 7.02. The Morgan fingerprint density at radius 2 is 1.72 bits per heavy atom. The van der Waals surface area contributed by atoms with E-state index in [1.807, 2.05) is 38.1 Å². The van der Waals surface area contributed by atoms with Gasteiger partial charge in [0.2, 0.25) is 0 Å². The molecule has 178 valence electrons. The normalized spacial score (nSPS) is 15.6. The molecule has 0 aliphatic rings. The van der Waals surface area contributed by atoms with Crippen LogP contribution in [0.2, 0.25) is 28.2 Å². The van der Waals surface area contributed by atoms with Crippen LogP contribution >= 0.6 is 23.2 Å². The van der Waals surface area contributed by atoms with E-state index in [9.17, 15) is 9.50 Å². The van der Waals surface area contributed by atoms with Crippen molar-refractivity contribution in [1.82, 2.24) is 5.32 Å². The predicted octanol–water partition coefficient (Wildman–Crippen LogP) is 7.54. The predicted molar refractivity (Wildman–Crippen MR) is 135 cm³/mol. The number of rotatable bonds is 9. The Hall–Kier alpha value is -0.953. The second-order valence-electron chi connectivity index (χ2n) is 10.2. The summed E-state index contributed by atoms with van der Waals surface area (Å²) in [4.78, 5) is 0. The minimum atomic E-state index is -2.23. The number of aliphatic hydroxyl groups is 1. The van der Waals surface area contributed by atoms with E-state index < -0.39 is 32.4 Å². The van der Waals surface area contributed by atoms with Gasteiger partial charge in [-0.25, -0.2) is 4.39 Å². The first-order chi connectivity index (χ1) is 14.7. The highest BCUT2D eigenvalue weighted by atomic mass is 35.5. The average Bonchev–Trinajstić information content (AvgIpc) is 2.68. The lowest BCUT2D eigenvalue weighted by molar-refractivity contribution is 0.0954. The molecule has 2 rings (SSSR count). The first-order valence-corrected chi connectivity index (χ1v) is 14.7. The fourth-order valence-corrected chi connectivity index (χ4v) is 4.67. The Morgan fingerprint density at radius 3 is 2.25 bits per heavy atom. The van der Waals surface area contributed by atoms with Crippen molar-refractivity contribution in [2.24, 2.45) is 5.92 Å². The number of halogens is 3. The van der Waals surface area contributed by atoms with E-state index in [0.29, 0.717) is 17.1 Å². The summed E-state index contributed by atoms with van der Waals surface area (Å²) in [5, 5.41) is 14.6. The third-order valence-electron chi connectivity index (χ3n) is 6.33. The van der Waals surface area contributed by atoms with Crippen molar-refractivity contribution < 1.29 is 13.9 Å². The zero-order valence-corrected chi connectivity index (χ0v) is 22.6. The summed E-state index contributed by atoms with van der Waals surface area (Å²) in [6.45, 7) is 15.2. The average molecular weight is 501 g/mol. The number of hydrogen-bond donors (Lipinski definition) is 2. The molecule has 0 spiro atoms. The van der Waals surface area contributed by atoms with Gasteiger partial charge in [0.1, 0.15) is 5.82 Å². The Kier molecular flexibility index (Phi) is 9.37. The molecule has 0 saturated carbocycles. The van der Waals surface area contributed by atoms with Gasteiger partial charge in [-0.2, -0.15) is 0 Å². The molecular weight excluding hydrogens is 464 g/mol. The van der Waals surface area contributed by atoms with Gasteiger partial charge in [0, 0.05) is 11.6 Å². The second kappa shape index (κ2) is 11.0. The maximum atomic E-state index is 14.5. The molecule has 2 aromatic rings. The SMILES string of the molecule is CC(C)[C@H](O)CN[C@H](c1ccc(Cl)c(F)c1)[C@@H](O[Si](C)(C)C(C)(C)C)c1cccc(Cl)c1. The fourth-order valence-electron chi connectivity index (χ4n) is 3.10. The molecule has 32 heavy (non-hydrogen) atoms. The van der Waals surface area contributed by atoms with Gasteiger partial charge in [0.25, 0.3) is 0 Å². The van der Waals surface area contributed by atoms with Crippen molar-refractivity contribution in [3.8, 4) is 0 Å². The molecule has 0 aliphatic carbocycles. The number of hydrogen-bond acceptors (Lipinski definition) is 3. The quantitative estimate of drug-likeness (QED) is 0.350. The molecule has 0 aromatic heterocycles. The zero-order valence-electron chi connectivity index (χ0n) is 20.0. The second-order valence-corrected chi connectivity index (χ2v) is 15.8. The van der Waals surface area contributed by atoms with Crippen LogP contribution in [-0.4, -0.2) is 26.1 Å². The molecule has 0 saturated heterocycles. The van der Waals surface area contributed by atoms with Crippen LogP contribution in [0, 0.1) is 11.7 Å². The van der Waals surface area contributed by atoms with Crippen molar-refractivity contribution in [2.45, 2.75) is 71.0 Å². The Morgan fingerprint density at radius 1 is 1.06 bits per heavy atom. The van der Waals surface area contributed by atoms with E-state index in [2.05, 4.69) is 39.2 Å². The van der Waals surface area contributed by atoms with Crippen LogP contribution < -0.4 is 5.32 Å². The van der Waals surface area contributed by atoms with Gasteiger partial charge < -0.3 is 14.8 Å². The van der Waals surface area contributed by atoms with Crippen molar-refractivity contribution in [3.05, 3.63) is 69.5 Å². The molecular formula is C25H36Cl2FNO2Si. The highest BCUT2D eigenvalue weighted by Crippen LogP contribution is 2.44. The van der Waals surface area contributed by atoms with Crippen LogP contribution in [0.1, 0.15) is 57.9 Å². The van der Waals surface area contributed by atoms with Crippen LogP contribution in [0.5, 0.6) is 0 Å². The lowest BCUT2D eigenvalue weighted by atomic mass is 9.95. The van der Waals surface area contributed by atoms with E-state index in [4.69, 9.17) is 27.6 Å². The van der Waals surface area contributed by atoms with Crippen LogP contribution in [0.25, 0.3) is 0 Å². The first kappa shape index (κ1) is 27.3. The van der Waals surface area contributed by atoms with Crippen LogP contribution in [0.3, 0.4) is 0 Å². The molecule has 0 aliphatic heterocycles. The maximum Gasteiger partial charge on any atom is 0.193 e. The molecule has 0 radical (unpaired) electrons. The number of nitrogens with one attached hydrogen (secondary N) is 1. The van der Waals surface area contributed by atoms with Gasteiger partial charge in [-0.1, -0.05) is 76.0 Å². The van der Waals surface area contributed by atoms with Crippen molar-refractivity contribution in [3.63, 3.8) is 0 Å². The van der Waals surface area contributed by atoms with Gasteiger partial charge in [0.15, 0.2) is 8.32 Å². The largest absolute Gasteiger partial charge is 0.408 e. The summed E-state index contributed by atoms with van der Waals surface area (Å²) in [5.41, 5.74) is 1.60. The van der Waals surface area contributed by atoms with Crippen LogP contribution in [-0.2, 0) is 4.43 Å². The Balaban J connectivity index is 2.59. The van der Waals surface area contributed by atoms with Gasteiger partial charge in [-0.05, 0) is 59.4 Å². The zero-order chi connectivity index (χ0) is 24.3. The number of benzene rings is 2. The maximum absolute atomic E-state index is 14.5. The van der Waals surface area contributed by atoms with E-state index in [0.717, 1.165) is 5.56 Å². The van der Waals surface area contributed by atoms with E-state index >= 15 is 0 Å². The molecule has 7 heteroatoms. The molecule has 2 aromatic carbocycles. The summed E-state index contributed by atoms with van der Waals surface area (Å²) in [5.74, 6) is -0.409. The molecule has 0 heterocycles. The Bertz CT molecular complexity index is 902. The monoisotopic (exact) mass is 499 g/mol. The molecule has 0 fully saturated rings. The lowest BCUT2D eigenvalue weighted by Crippen LogP contribution is -2.45. The third-order valence-corrected chi connectivity index (χ3v) is 11.3.